The molecular weight excluding hydrogens is 383 g/mol. The number of hydrogen-bond acceptors (Lipinski definition) is 6. The van der Waals surface area contributed by atoms with Crippen molar-refractivity contribution in [2.45, 2.75) is 19.0 Å². The zero-order chi connectivity index (χ0) is 18.9. The van der Waals surface area contributed by atoms with Gasteiger partial charge in [-0.05, 0) is 13.0 Å². The third-order valence-electron chi connectivity index (χ3n) is 3.19. The molecule has 2 aromatic heterocycles. The number of carbonyl (C=O) groups is 1. The Hall–Kier alpha value is -2.51. The number of hydrogen-bond donors (Lipinski definition) is 0. The summed E-state index contributed by atoms with van der Waals surface area (Å²) in [6, 6.07) is 3.22. The first-order valence-electron chi connectivity index (χ1n) is 6.47. The van der Waals surface area contributed by atoms with E-state index in [1.165, 1.54) is 6.92 Å². The van der Waals surface area contributed by atoms with Crippen LogP contribution >= 0.6 is 22.9 Å². The molecule has 0 aromatic carbocycles. The number of ketones is 1. The van der Waals surface area contributed by atoms with Gasteiger partial charge in [0, 0.05) is 12.3 Å². The molecule has 0 bridgehead atoms. The normalized spacial score (nSPS) is 12.5. The van der Waals surface area contributed by atoms with Crippen LogP contribution in [0.5, 0.6) is 0 Å². The molecule has 0 spiro atoms. The lowest BCUT2D eigenvalue weighted by atomic mass is 9.99. The quantitative estimate of drug-likeness (QED) is 0.435. The first-order valence-corrected chi connectivity index (χ1v) is 7.67. The number of Topliss-reactive ketones (excluding diaryl/α,β-unsaturated/α-hetero) is 1. The van der Waals surface area contributed by atoms with Crippen molar-refractivity contribution < 1.29 is 22.9 Å². The molecule has 130 valence electrons. The van der Waals surface area contributed by atoms with Gasteiger partial charge in [-0.1, -0.05) is 11.6 Å². The number of nitro groups is 1. The number of halogens is 4. The minimum Gasteiger partial charge on any atom is -0.291 e. The number of aryl methyl sites for hydroxylation is 1. The highest BCUT2D eigenvalue weighted by Gasteiger charge is 2.34. The zero-order valence-corrected chi connectivity index (χ0v) is 13.9. The van der Waals surface area contributed by atoms with E-state index in [2.05, 4.69) is 4.98 Å². The Balaban J connectivity index is 2.43. The van der Waals surface area contributed by atoms with Crippen molar-refractivity contribution in [2.75, 3.05) is 0 Å². The summed E-state index contributed by atoms with van der Waals surface area (Å²) in [5.74, 6) is -2.40. The molecule has 6 nitrogen and oxygen atoms in total. The summed E-state index contributed by atoms with van der Waals surface area (Å²) >= 11 is 6.57. The van der Waals surface area contributed by atoms with Crippen molar-refractivity contribution >= 4 is 34.4 Å². The Bertz CT molecular complexity index is 905. The highest BCUT2D eigenvalue weighted by molar-refractivity contribution is 7.14. The van der Waals surface area contributed by atoms with Crippen LogP contribution in [0.15, 0.2) is 18.3 Å². The molecule has 2 aromatic rings. The van der Waals surface area contributed by atoms with Crippen molar-refractivity contribution in [3.05, 3.63) is 54.5 Å². The van der Waals surface area contributed by atoms with E-state index in [1.54, 1.807) is 6.07 Å². The van der Waals surface area contributed by atoms with Gasteiger partial charge < -0.3 is 0 Å². The van der Waals surface area contributed by atoms with Gasteiger partial charge in [0.25, 0.3) is 5.69 Å². The van der Waals surface area contributed by atoms with E-state index in [-0.39, 0.29) is 21.1 Å². The van der Waals surface area contributed by atoms with Crippen LogP contribution in [0.4, 0.5) is 18.9 Å². The Morgan fingerprint density at radius 1 is 1.48 bits per heavy atom. The molecule has 1 unspecified atom stereocenters. The molecule has 0 aliphatic heterocycles. The van der Waals surface area contributed by atoms with Gasteiger partial charge in [0.05, 0.1) is 37.0 Å². The Morgan fingerprint density at radius 2 is 2.12 bits per heavy atom. The number of aromatic nitrogens is 1. The Kier molecular flexibility index (Phi) is 5.10. The number of carbonyl (C=O) groups excluding carboxylic acids is 1. The van der Waals surface area contributed by atoms with E-state index in [1.807, 2.05) is 0 Å². The van der Waals surface area contributed by atoms with Crippen LogP contribution in [-0.2, 0) is 6.18 Å². The lowest BCUT2D eigenvalue weighted by molar-refractivity contribution is -0.385. The molecular formula is C14H7ClF3N3O3S. The second kappa shape index (κ2) is 6.78. The predicted octanol–water partition coefficient (Wildman–Crippen LogP) is 4.52. The van der Waals surface area contributed by atoms with E-state index in [0.717, 1.165) is 17.4 Å². The van der Waals surface area contributed by atoms with Gasteiger partial charge in [0.1, 0.15) is 0 Å². The Labute approximate surface area is 147 Å². The highest BCUT2D eigenvalue weighted by Crippen LogP contribution is 2.35. The summed E-state index contributed by atoms with van der Waals surface area (Å²) in [7, 11) is 0. The second-order valence-electron chi connectivity index (χ2n) is 4.82. The summed E-state index contributed by atoms with van der Waals surface area (Å²) < 4.78 is 37.9. The molecule has 0 N–H and O–H groups in total. The summed E-state index contributed by atoms with van der Waals surface area (Å²) in [6.45, 7) is 1.43. The van der Waals surface area contributed by atoms with Crippen LogP contribution in [0.25, 0.3) is 0 Å². The van der Waals surface area contributed by atoms with Crippen molar-refractivity contribution in [2.24, 2.45) is 0 Å². The van der Waals surface area contributed by atoms with Gasteiger partial charge in [0.2, 0.25) is 0 Å². The van der Waals surface area contributed by atoms with Crippen LogP contribution in [0.2, 0.25) is 5.02 Å². The van der Waals surface area contributed by atoms with Crippen molar-refractivity contribution in [1.29, 1.82) is 5.26 Å². The number of alkyl halides is 3. The lowest BCUT2D eigenvalue weighted by Crippen LogP contribution is -2.14. The third kappa shape index (κ3) is 3.78. The molecule has 0 fully saturated rings. The number of nitrogens with zero attached hydrogens (tertiary/aromatic N) is 3. The van der Waals surface area contributed by atoms with Gasteiger partial charge in [-0.15, -0.1) is 11.3 Å². The fourth-order valence-electron chi connectivity index (χ4n) is 1.98. The average molecular weight is 390 g/mol. The van der Waals surface area contributed by atoms with Crippen molar-refractivity contribution in [3.63, 3.8) is 0 Å². The summed E-state index contributed by atoms with van der Waals surface area (Å²) in [5, 5.41) is 19.6. The Morgan fingerprint density at radius 3 is 2.56 bits per heavy atom. The van der Waals surface area contributed by atoms with Crippen molar-refractivity contribution in [1.82, 2.24) is 4.98 Å². The first-order chi connectivity index (χ1) is 11.6. The number of rotatable bonds is 4. The molecule has 0 radical (unpaired) electrons. The van der Waals surface area contributed by atoms with E-state index in [9.17, 15) is 33.3 Å². The van der Waals surface area contributed by atoms with Gasteiger partial charge >= 0.3 is 6.18 Å². The molecule has 0 amide bonds. The second-order valence-corrected chi connectivity index (χ2v) is 6.49. The van der Waals surface area contributed by atoms with Gasteiger partial charge in [0.15, 0.2) is 11.7 Å². The van der Waals surface area contributed by atoms with Gasteiger partial charge in [-0.2, -0.15) is 18.4 Å². The van der Waals surface area contributed by atoms with Crippen LogP contribution in [-0.4, -0.2) is 15.7 Å². The smallest absolute Gasteiger partial charge is 0.291 e. The topological polar surface area (TPSA) is 96.9 Å². The molecule has 25 heavy (non-hydrogen) atoms. The standard InChI is InChI=1S/C14H7ClF3N3O3S/c1-6-10(21(23)24)3-11(25-6)13(22)8(4-19)12-9(15)2-7(5-20-12)14(16,17)18/h2-3,5,8H,1H3. The van der Waals surface area contributed by atoms with E-state index in [0.29, 0.717) is 12.3 Å². The summed E-state index contributed by atoms with van der Waals surface area (Å²) in [4.78, 5) is 26.3. The summed E-state index contributed by atoms with van der Waals surface area (Å²) in [6.07, 6.45) is -4.20. The fraction of sp³-hybridized carbons (Fsp3) is 0.214. The maximum atomic E-state index is 12.6. The molecule has 1 atom stereocenters. The molecule has 0 aliphatic rings. The maximum absolute atomic E-state index is 12.6. The first kappa shape index (κ1) is 18.8. The van der Waals surface area contributed by atoms with E-state index in [4.69, 9.17) is 11.6 Å². The van der Waals surface area contributed by atoms with E-state index >= 15 is 0 Å². The lowest BCUT2D eigenvalue weighted by Gasteiger charge is -2.11. The molecule has 11 heteroatoms. The van der Waals surface area contributed by atoms with Crippen molar-refractivity contribution in [3.8, 4) is 6.07 Å². The minimum atomic E-state index is -4.67. The van der Waals surface area contributed by atoms with Crippen LogP contribution in [0.1, 0.15) is 31.7 Å². The maximum Gasteiger partial charge on any atom is 0.417 e. The van der Waals surface area contributed by atoms with Crippen LogP contribution in [0.3, 0.4) is 0 Å². The molecule has 2 rings (SSSR count). The van der Waals surface area contributed by atoms with E-state index < -0.39 is 33.4 Å². The molecule has 0 aliphatic carbocycles. The van der Waals surface area contributed by atoms with Crippen LogP contribution in [0, 0.1) is 28.4 Å². The van der Waals surface area contributed by atoms with Crippen LogP contribution < -0.4 is 0 Å². The minimum absolute atomic E-state index is 0.0754. The number of thiophene rings is 1. The monoisotopic (exact) mass is 389 g/mol. The fourth-order valence-corrected chi connectivity index (χ4v) is 3.21. The highest BCUT2D eigenvalue weighted by atomic mass is 35.5. The largest absolute Gasteiger partial charge is 0.417 e. The third-order valence-corrected chi connectivity index (χ3v) is 4.55. The SMILES string of the molecule is Cc1sc(C(=O)C(C#N)c2ncc(C(F)(F)F)cc2Cl)cc1[N+](=O)[O-]. The summed E-state index contributed by atoms with van der Waals surface area (Å²) in [5.41, 5.74) is -1.74. The predicted molar refractivity (Wildman–Crippen MR) is 82.6 cm³/mol. The number of nitriles is 1. The molecule has 2 heterocycles. The number of pyridine rings is 1. The van der Waals surface area contributed by atoms with Gasteiger partial charge in [-0.25, -0.2) is 0 Å². The average Bonchev–Trinajstić information content (AvgIpc) is 2.90. The molecule has 0 saturated carbocycles. The molecule has 0 saturated heterocycles. The zero-order valence-electron chi connectivity index (χ0n) is 12.3. The van der Waals surface area contributed by atoms with Gasteiger partial charge in [-0.3, -0.25) is 19.9 Å².